The van der Waals surface area contributed by atoms with E-state index in [0.717, 1.165) is 6.92 Å². The van der Waals surface area contributed by atoms with Crippen molar-refractivity contribution < 1.29 is 52.4 Å². The van der Waals surface area contributed by atoms with Crippen LogP contribution in [-0.2, 0) is 14.9 Å². The fraction of sp³-hybridized carbons (Fsp3) is 0.400. The van der Waals surface area contributed by atoms with E-state index < -0.39 is 26.9 Å². The van der Waals surface area contributed by atoms with Crippen molar-refractivity contribution in [3.8, 4) is 0 Å². The van der Waals surface area contributed by atoms with Crippen molar-refractivity contribution in [1.29, 1.82) is 0 Å². The molecule has 5 nitrogen and oxygen atoms in total. The second-order valence-electron chi connectivity index (χ2n) is 1.97. The van der Waals surface area contributed by atoms with Crippen LogP contribution in [0, 0.1) is 0 Å². The Labute approximate surface area is 92.5 Å². The smallest absolute Gasteiger partial charge is 0.545 e. The third-order valence-corrected chi connectivity index (χ3v) is 2.38. The number of carboxylic acid groups (broad SMARTS) is 1. The molecule has 1 unspecified atom stereocenters. The van der Waals surface area contributed by atoms with E-state index in [1.807, 2.05) is 0 Å². The number of rotatable bonds is 3. The van der Waals surface area contributed by atoms with E-state index in [1.165, 1.54) is 0 Å². The summed E-state index contributed by atoms with van der Waals surface area (Å²) >= 11 is 0. The van der Waals surface area contributed by atoms with Crippen LogP contribution in [0.15, 0.2) is 12.2 Å². The van der Waals surface area contributed by atoms with Crippen molar-refractivity contribution >= 4 is 16.1 Å². The van der Waals surface area contributed by atoms with E-state index in [1.54, 1.807) is 0 Å². The van der Waals surface area contributed by atoms with Crippen molar-refractivity contribution in [2.45, 2.75) is 12.2 Å². The third-order valence-electron chi connectivity index (χ3n) is 1.20. The number of hydrogen-bond acceptors (Lipinski definition) is 4. The van der Waals surface area contributed by atoms with Gasteiger partial charge in [0.1, 0.15) is 5.25 Å². The summed E-state index contributed by atoms with van der Waals surface area (Å²) in [4.78, 5) is 10.0. The van der Waals surface area contributed by atoms with Gasteiger partial charge in [-0.2, -0.15) is 8.42 Å². The van der Waals surface area contributed by atoms with Crippen molar-refractivity contribution in [2.75, 3.05) is 0 Å². The average molecular weight is 202 g/mol. The summed E-state index contributed by atoms with van der Waals surface area (Å²) in [6.07, 6.45) is 0. The molecule has 1 atom stereocenters. The number of aliphatic carboxylic acids is 1. The second-order valence-corrected chi connectivity index (χ2v) is 3.71. The van der Waals surface area contributed by atoms with Gasteiger partial charge in [0, 0.05) is 0 Å². The maximum Gasteiger partial charge on any atom is 1.00 e. The van der Waals surface area contributed by atoms with Gasteiger partial charge in [0.2, 0.25) is 0 Å². The van der Waals surface area contributed by atoms with Crippen molar-refractivity contribution in [1.82, 2.24) is 0 Å². The Morgan fingerprint density at radius 1 is 1.58 bits per heavy atom. The van der Waals surface area contributed by atoms with Gasteiger partial charge in [0.05, 0.1) is 5.97 Å². The normalized spacial score (nSPS) is 12.8. The Hall–Kier alpha value is 0.120. The fourth-order valence-corrected chi connectivity index (χ4v) is 0.802. The maximum atomic E-state index is 10.3. The molecule has 0 aromatic carbocycles. The summed E-state index contributed by atoms with van der Waals surface area (Å²) in [5.41, 5.74) is -0.660. The molecule has 0 amide bonds. The van der Waals surface area contributed by atoms with Crippen LogP contribution in [0.4, 0.5) is 0 Å². The molecule has 0 aliphatic heterocycles. The molecule has 12 heavy (non-hydrogen) atoms. The number of carbonyl (C=O) groups is 1. The van der Waals surface area contributed by atoms with Crippen LogP contribution in [0.3, 0.4) is 0 Å². The molecule has 0 heterocycles. The van der Waals surface area contributed by atoms with E-state index >= 15 is 0 Å². The molecular weight excluding hydrogens is 195 g/mol. The Balaban J connectivity index is 0. The Kier molecular flexibility index (Phi) is 6.07. The molecule has 64 valence electrons. The standard InChI is InChI=1S/C5H8O5S.Na/c1-3(5(6)7)4(2)11(8,9)10;/h4H,1H2,2H3,(H,6,7)(H,8,9,10);/q;+1/p-1. The third kappa shape index (κ3) is 4.22. The van der Waals surface area contributed by atoms with Crippen LogP contribution in [0.2, 0.25) is 0 Å². The van der Waals surface area contributed by atoms with Gasteiger partial charge in [0.25, 0.3) is 10.1 Å². The molecule has 0 bridgehead atoms. The predicted octanol–water partition coefficient (Wildman–Crippen LogP) is -4.43. The van der Waals surface area contributed by atoms with E-state index in [4.69, 9.17) is 4.55 Å². The molecule has 0 rings (SSSR count). The van der Waals surface area contributed by atoms with Crippen molar-refractivity contribution in [3.05, 3.63) is 12.2 Å². The summed E-state index contributed by atoms with van der Waals surface area (Å²) in [6, 6.07) is 0. The molecule has 0 aromatic rings. The summed E-state index contributed by atoms with van der Waals surface area (Å²) in [5.74, 6) is -1.69. The van der Waals surface area contributed by atoms with Gasteiger partial charge in [-0.05, 0) is 12.5 Å². The SMILES string of the molecule is C=C(C(=O)[O-])C(C)S(=O)(=O)O.[Na+]. The Morgan fingerprint density at radius 3 is 2.00 bits per heavy atom. The quantitative estimate of drug-likeness (QED) is 0.283. The summed E-state index contributed by atoms with van der Waals surface area (Å²) < 4.78 is 28.9. The zero-order valence-electron chi connectivity index (χ0n) is 6.77. The topological polar surface area (TPSA) is 94.5 Å². The van der Waals surface area contributed by atoms with Gasteiger partial charge in [-0.3, -0.25) is 4.55 Å². The summed E-state index contributed by atoms with van der Waals surface area (Å²) in [6.45, 7) is 3.93. The zero-order valence-corrected chi connectivity index (χ0v) is 9.59. The van der Waals surface area contributed by atoms with Gasteiger partial charge in [-0.25, -0.2) is 0 Å². The van der Waals surface area contributed by atoms with E-state index in [9.17, 15) is 18.3 Å². The first-order valence-electron chi connectivity index (χ1n) is 2.63. The Morgan fingerprint density at radius 2 is 1.92 bits per heavy atom. The van der Waals surface area contributed by atoms with Gasteiger partial charge >= 0.3 is 29.6 Å². The molecular formula is C5H7NaO5S. The van der Waals surface area contributed by atoms with Crippen LogP contribution >= 0.6 is 0 Å². The van der Waals surface area contributed by atoms with Crippen LogP contribution in [0.1, 0.15) is 6.92 Å². The van der Waals surface area contributed by atoms with E-state index in [2.05, 4.69) is 6.58 Å². The van der Waals surface area contributed by atoms with Crippen LogP contribution in [0.25, 0.3) is 0 Å². The minimum absolute atomic E-state index is 0. The van der Waals surface area contributed by atoms with Gasteiger partial charge in [-0.15, -0.1) is 0 Å². The molecule has 0 aliphatic carbocycles. The van der Waals surface area contributed by atoms with Gasteiger partial charge < -0.3 is 9.90 Å². The minimum atomic E-state index is -4.37. The summed E-state index contributed by atoms with van der Waals surface area (Å²) in [5, 5.41) is 8.48. The van der Waals surface area contributed by atoms with E-state index in [0.29, 0.717) is 0 Å². The predicted molar refractivity (Wildman–Crippen MR) is 35.2 cm³/mol. The molecule has 0 radical (unpaired) electrons. The van der Waals surface area contributed by atoms with Crippen LogP contribution < -0.4 is 34.7 Å². The second kappa shape index (κ2) is 4.98. The maximum absolute atomic E-state index is 10.3. The van der Waals surface area contributed by atoms with Crippen molar-refractivity contribution in [2.24, 2.45) is 0 Å². The zero-order chi connectivity index (χ0) is 9.23. The minimum Gasteiger partial charge on any atom is -0.545 e. The molecule has 1 N–H and O–H groups in total. The largest absolute Gasteiger partial charge is 1.00 e. The first-order chi connectivity index (χ1) is 4.76. The van der Waals surface area contributed by atoms with E-state index in [-0.39, 0.29) is 29.6 Å². The number of carbonyl (C=O) groups excluding carboxylic acids is 1. The first-order valence-corrected chi connectivity index (χ1v) is 4.13. The number of carboxylic acids is 1. The molecule has 0 aliphatic rings. The first kappa shape index (κ1) is 14.6. The summed E-state index contributed by atoms with van der Waals surface area (Å²) in [7, 11) is -4.37. The Bertz CT molecular complexity index is 280. The van der Waals surface area contributed by atoms with Crippen molar-refractivity contribution in [3.63, 3.8) is 0 Å². The molecule has 0 aromatic heterocycles. The van der Waals surface area contributed by atoms with Crippen LogP contribution in [0.5, 0.6) is 0 Å². The molecule has 0 saturated heterocycles. The monoisotopic (exact) mass is 202 g/mol. The molecule has 7 heteroatoms. The van der Waals surface area contributed by atoms with Gasteiger partial charge in [-0.1, -0.05) is 6.58 Å². The fourth-order valence-electron chi connectivity index (χ4n) is 0.346. The van der Waals surface area contributed by atoms with Crippen LogP contribution in [-0.4, -0.2) is 24.2 Å². The molecule has 0 spiro atoms. The molecule has 0 fully saturated rings. The van der Waals surface area contributed by atoms with Gasteiger partial charge in [0.15, 0.2) is 0 Å². The number of hydrogen-bond donors (Lipinski definition) is 1. The molecule has 0 saturated carbocycles. The average Bonchev–Trinajstić information content (AvgIpc) is 1.82.